The van der Waals surface area contributed by atoms with Crippen molar-refractivity contribution in [1.29, 1.82) is 0 Å². The van der Waals surface area contributed by atoms with E-state index < -0.39 is 0 Å². The van der Waals surface area contributed by atoms with Crippen molar-refractivity contribution in [3.8, 4) is 5.75 Å². The van der Waals surface area contributed by atoms with Crippen molar-refractivity contribution in [3.63, 3.8) is 0 Å². The maximum absolute atomic E-state index is 5.64. The Hall–Kier alpha value is -1.02. The molecule has 0 bridgehead atoms. The predicted molar refractivity (Wildman–Crippen MR) is 62.2 cm³/mol. The standard InChI is InChI=1S/C13H19NO/c1-2-15-12-5-3-11(4-6-12)13(7-8-13)9-10-14/h3-6H,2,7-10,14H2,1H3. The summed E-state index contributed by atoms with van der Waals surface area (Å²) in [6.45, 7) is 3.52. The van der Waals surface area contributed by atoms with Gasteiger partial charge in [-0.1, -0.05) is 12.1 Å². The van der Waals surface area contributed by atoms with Crippen molar-refractivity contribution in [3.05, 3.63) is 29.8 Å². The van der Waals surface area contributed by atoms with Crippen molar-refractivity contribution in [2.24, 2.45) is 5.73 Å². The summed E-state index contributed by atoms with van der Waals surface area (Å²) < 4.78 is 5.43. The first kappa shape index (κ1) is 10.5. The topological polar surface area (TPSA) is 35.2 Å². The molecule has 2 rings (SSSR count). The first-order valence-electron chi connectivity index (χ1n) is 5.74. The van der Waals surface area contributed by atoms with E-state index >= 15 is 0 Å². The Labute approximate surface area is 91.4 Å². The van der Waals surface area contributed by atoms with Crippen LogP contribution in [0.1, 0.15) is 31.7 Å². The van der Waals surface area contributed by atoms with Crippen LogP contribution >= 0.6 is 0 Å². The number of ether oxygens (including phenoxy) is 1. The molecule has 82 valence electrons. The quantitative estimate of drug-likeness (QED) is 0.801. The van der Waals surface area contributed by atoms with Crippen molar-refractivity contribution in [2.75, 3.05) is 13.2 Å². The summed E-state index contributed by atoms with van der Waals surface area (Å²) in [4.78, 5) is 0. The van der Waals surface area contributed by atoms with Crippen LogP contribution in [0.15, 0.2) is 24.3 Å². The van der Waals surface area contributed by atoms with E-state index in [1.165, 1.54) is 18.4 Å². The summed E-state index contributed by atoms with van der Waals surface area (Å²) in [7, 11) is 0. The maximum atomic E-state index is 5.64. The van der Waals surface area contributed by atoms with Gasteiger partial charge in [-0.25, -0.2) is 0 Å². The molecule has 0 amide bonds. The number of rotatable bonds is 5. The van der Waals surface area contributed by atoms with Gasteiger partial charge >= 0.3 is 0 Å². The van der Waals surface area contributed by atoms with Crippen LogP contribution in [0.4, 0.5) is 0 Å². The predicted octanol–water partition coefficient (Wildman–Crippen LogP) is 2.47. The highest BCUT2D eigenvalue weighted by molar-refractivity contribution is 5.36. The van der Waals surface area contributed by atoms with Crippen LogP contribution in [0.2, 0.25) is 0 Å². The largest absolute Gasteiger partial charge is 0.494 e. The van der Waals surface area contributed by atoms with Crippen LogP contribution in [0, 0.1) is 0 Å². The lowest BCUT2D eigenvalue weighted by atomic mass is 9.92. The Morgan fingerprint density at radius 3 is 2.40 bits per heavy atom. The van der Waals surface area contributed by atoms with Crippen LogP contribution < -0.4 is 10.5 Å². The molecule has 0 heterocycles. The second-order valence-electron chi connectivity index (χ2n) is 4.28. The van der Waals surface area contributed by atoms with Crippen molar-refractivity contribution < 1.29 is 4.74 Å². The molecule has 1 aliphatic rings. The Bertz CT molecular complexity index is 314. The minimum atomic E-state index is 0.402. The third-order valence-corrected chi connectivity index (χ3v) is 3.25. The van der Waals surface area contributed by atoms with Crippen molar-refractivity contribution >= 4 is 0 Å². The molecule has 1 aromatic carbocycles. The van der Waals surface area contributed by atoms with Crippen molar-refractivity contribution in [2.45, 2.75) is 31.6 Å². The summed E-state index contributed by atoms with van der Waals surface area (Å²) in [5.41, 5.74) is 7.47. The summed E-state index contributed by atoms with van der Waals surface area (Å²) in [6, 6.07) is 8.51. The van der Waals surface area contributed by atoms with Crippen LogP contribution in [0.5, 0.6) is 5.75 Å². The van der Waals surface area contributed by atoms with E-state index in [1.807, 2.05) is 6.92 Å². The fourth-order valence-electron chi connectivity index (χ4n) is 2.18. The molecule has 0 radical (unpaired) electrons. The van der Waals surface area contributed by atoms with Crippen LogP contribution in [-0.2, 0) is 5.41 Å². The number of hydrogen-bond acceptors (Lipinski definition) is 2. The van der Waals surface area contributed by atoms with Gasteiger partial charge < -0.3 is 10.5 Å². The average molecular weight is 205 g/mol. The smallest absolute Gasteiger partial charge is 0.119 e. The van der Waals surface area contributed by atoms with E-state index in [-0.39, 0.29) is 0 Å². The number of hydrogen-bond donors (Lipinski definition) is 1. The second kappa shape index (κ2) is 4.23. The zero-order valence-electron chi connectivity index (χ0n) is 9.33. The molecule has 0 aromatic heterocycles. The van der Waals surface area contributed by atoms with E-state index in [1.54, 1.807) is 0 Å². The minimum absolute atomic E-state index is 0.402. The van der Waals surface area contributed by atoms with E-state index in [9.17, 15) is 0 Å². The maximum Gasteiger partial charge on any atom is 0.119 e. The summed E-state index contributed by atoms with van der Waals surface area (Å²) in [6.07, 6.45) is 3.69. The fourth-order valence-corrected chi connectivity index (χ4v) is 2.18. The van der Waals surface area contributed by atoms with Gasteiger partial charge in [-0.15, -0.1) is 0 Å². The van der Waals surface area contributed by atoms with Gasteiger partial charge in [0.2, 0.25) is 0 Å². The van der Waals surface area contributed by atoms with Crippen LogP contribution in [0.3, 0.4) is 0 Å². The fraction of sp³-hybridized carbons (Fsp3) is 0.538. The first-order chi connectivity index (χ1) is 7.30. The lowest BCUT2D eigenvalue weighted by Gasteiger charge is -2.14. The number of nitrogens with two attached hydrogens (primary N) is 1. The van der Waals surface area contributed by atoms with Gasteiger partial charge in [0.15, 0.2) is 0 Å². The molecule has 0 atom stereocenters. The van der Waals surface area contributed by atoms with E-state index in [0.717, 1.165) is 25.3 Å². The number of benzene rings is 1. The molecule has 2 heteroatoms. The highest BCUT2D eigenvalue weighted by atomic mass is 16.5. The second-order valence-corrected chi connectivity index (χ2v) is 4.28. The molecule has 2 nitrogen and oxygen atoms in total. The molecule has 1 saturated carbocycles. The van der Waals surface area contributed by atoms with Crippen LogP contribution in [0.25, 0.3) is 0 Å². The monoisotopic (exact) mass is 205 g/mol. The van der Waals surface area contributed by atoms with Gasteiger partial charge in [0, 0.05) is 0 Å². The molecule has 0 unspecified atom stereocenters. The van der Waals surface area contributed by atoms with Gasteiger partial charge in [0.1, 0.15) is 5.75 Å². The van der Waals surface area contributed by atoms with Gasteiger partial charge in [0.05, 0.1) is 6.61 Å². The highest BCUT2D eigenvalue weighted by Crippen LogP contribution is 2.50. The molecule has 1 aromatic rings. The van der Waals surface area contributed by atoms with Gasteiger partial charge in [0.25, 0.3) is 0 Å². The normalized spacial score (nSPS) is 17.5. The summed E-state index contributed by atoms with van der Waals surface area (Å²) >= 11 is 0. The van der Waals surface area contributed by atoms with E-state index in [2.05, 4.69) is 24.3 Å². The molecule has 0 saturated heterocycles. The zero-order chi connectivity index (χ0) is 10.7. The Morgan fingerprint density at radius 1 is 1.27 bits per heavy atom. The molecule has 0 aliphatic heterocycles. The molecule has 2 N–H and O–H groups in total. The molecular formula is C13H19NO. The Morgan fingerprint density at radius 2 is 1.93 bits per heavy atom. The SMILES string of the molecule is CCOc1ccc(C2(CCN)CC2)cc1. The third kappa shape index (κ3) is 2.15. The van der Waals surface area contributed by atoms with E-state index in [0.29, 0.717) is 5.41 Å². The molecule has 15 heavy (non-hydrogen) atoms. The molecular weight excluding hydrogens is 186 g/mol. The van der Waals surface area contributed by atoms with Crippen LogP contribution in [-0.4, -0.2) is 13.2 Å². The zero-order valence-corrected chi connectivity index (χ0v) is 9.33. The lowest BCUT2D eigenvalue weighted by molar-refractivity contribution is 0.340. The van der Waals surface area contributed by atoms with Gasteiger partial charge in [-0.05, 0) is 55.8 Å². The first-order valence-corrected chi connectivity index (χ1v) is 5.74. The minimum Gasteiger partial charge on any atom is -0.494 e. The van der Waals surface area contributed by atoms with Gasteiger partial charge in [-0.3, -0.25) is 0 Å². The van der Waals surface area contributed by atoms with E-state index in [4.69, 9.17) is 10.5 Å². The lowest BCUT2D eigenvalue weighted by Crippen LogP contribution is -2.13. The molecule has 1 aliphatic carbocycles. The van der Waals surface area contributed by atoms with Gasteiger partial charge in [-0.2, -0.15) is 0 Å². The molecule has 0 spiro atoms. The summed E-state index contributed by atoms with van der Waals surface area (Å²) in [5, 5.41) is 0. The third-order valence-electron chi connectivity index (χ3n) is 3.25. The average Bonchev–Trinajstić information content (AvgIpc) is 3.01. The summed E-state index contributed by atoms with van der Waals surface area (Å²) in [5.74, 6) is 0.963. The highest BCUT2D eigenvalue weighted by Gasteiger charge is 2.42. The Kier molecular flexibility index (Phi) is 2.96. The molecule has 1 fully saturated rings. The van der Waals surface area contributed by atoms with Crippen molar-refractivity contribution in [1.82, 2.24) is 0 Å². The Balaban J connectivity index is 2.10.